The van der Waals surface area contributed by atoms with E-state index >= 15 is 0 Å². The molecule has 0 bridgehead atoms. The van der Waals surface area contributed by atoms with Gasteiger partial charge in [-0.05, 0) is 25.0 Å². The maximum absolute atomic E-state index is 6.39. The fraction of sp³-hybridized carbons (Fsp3) is 0.438. The zero-order valence-electron chi connectivity index (χ0n) is 12.3. The number of halogens is 2. The zero-order valence-corrected chi connectivity index (χ0v) is 13.8. The Kier molecular flexibility index (Phi) is 3.66. The van der Waals surface area contributed by atoms with Crippen molar-refractivity contribution in [1.29, 1.82) is 0 Å². The standard InChI is InChI=1S/C16H19Cl2N3/c1-16(8-3-4-9-16)14-13(15(19)21(2)20-14)12-10(17)6-5-7-11(12)18/h5-7H,3-4,8-9,19H2,1-2H3. The predicted octanol–water partition coefficient (Wildman–Crippen LogP) is 4.81. The van der Waals surface area contributed by atoms with Gasteiger partial charge in [-0.25, -0.2) is 0 Å². The van der Waals surface area contributed by atoms with Crippen molar-refractivity contribution in [3.63, 3.8) is 0 Å². The van der Waals surface area contributed by atoms with Gasteiger partial charge in [-0.15, -0.1) is 0 Å². The van der Waals surface area contributed by atoms with Crippen LogP contribution in [0.15, 0.2) is 18.2 Å². The molecular formula is C16H19Cl2N3. The summed E-state index contributed by atoms with van der Waals surface area (Å²) in [6.45, 7) is 2.26. The smallest absolute Gasteiger partial charge is 0.129 e. The van der Waals surface area contributed by atoms with Crippen molar-refractivity contribution < 1.29 is 0 Å². The molecule has 1 heterocycles. The Balaban J connectivity index is 2.28. The van der Waals surface area contributed by atoms with Gasteiger partial charge in [0, 0.05) is 18.0 Å². The molecule has 0 amide bonds. The first-order chi connectivity index (χ1) is 9.94. The van der Waals surface area contributed by atoms with Gasteiger partial charge in [0.2, 0.25) is 0 Å². The summed E-state index contributed by atoms with van der Waals surface area (Å²) in [6.07, 6.45) is 4.70. The normalized spacial score (nSPS) is 17.3. The summed E-state index contributed by atoms with van der Waals surface area (Å²) in [5.74, 6) is 0.619. The fourth-order valence-corrected chi connectivity index (χ4v) is 3.92. The van der Waals surface area contributed by atoms with E-state index in [9.17, 15) is 0 Å². The first kappa shape index (κ1) is 14.7. The van der Waals surface area contributed by atoms with Crippen LogP contribution in [0.25, 0.3) is 11.1 Å². The Labute approximate surface area is 135 Å². The van der Waals surface area contributed by atoms with Crippen LogP contribution in [0.3, 0.4) is 0 Å². The second-order valence-corrected chi connectivity index (χ2v) is 6.91. The van der Waals surface area contributed by atoms with E-state index in [2.05, 4.69) is 6.92 Å². The van der Waals surface area contributed by atoms with Crippen molar-refractivity contribution in [2.75, 3.05) is 5.73 Å². The molecule has 21 heavy (non-hydrogen) atoms. The minimum Gasteiger partial charge on any atom is -0.383 e. The van der Waals surface area contributed by atoms with Crippen LogP contribution in [0.1, 0.15) is 38.3 Å². The van der Waals surface area contributed by atoms with E-state index in [1.165, 1.54) is 12.8 Å². The van der Waals surface area contributed by atoms with Crippen molar-refractivity contribution in [3.05, 3.63) is 33.9 Å². The van der Waals surface area contributed by atoms with Gasteiger partial charge in [0.05, 0.1) is 21.3 Å². The van der Waals surface area contributed by atoms with E-state index in [-0.39, 0.29) is 5.41 Å². The number of hydrogen-bond donors (Lipinski definition) is 1. The lowest BCUT2D eigenvalue weighted by molar-refractivity contribution is 0.469. The SMILES string of the molecule is Cn1nc(C2(C)CCCC2)c(-c2c(Cl)cccc2Cl)c1N. The van der Waals surface area contributed by atoms with Crippen molar-refractivity contribution in [1.82, 2.24) is 9.78 Å². The highest BCUT2D eigenvalue weighted by molar-refractivity contribution is 6.39. The lowest BCUT2D eigenvalue weighted by Crippen LogP contribution is -2.19. The number of anilines is 1. The van der Waals surface area contributed by atoms with Crippen LogP contribution in [0.4, 0.5) is 5.82 Å². The molecule has 1 aromatic carbocycles. The molecule has 3 rings (SSSR count). The number of rotatable bonds is 2. The van der Waals surface area contributed by atoms with Crippen molar-refractivity contribution in [2.24, 2.45) is 7.05 Å². The second kappa shape index (κ2) is 5.22. The predicted molar refractivity (Wildman–Crippen MR) is 88.9 cm³/mol. The summed E-state index contributed by atoms with van der Waals surface area (Å²) in [6, 6.07) is 5.53. The average Bonchev–Trinajstić information content (AvgIpc) is 2.98. The van der Waals surface area contributed by atoms with Crippen molar-refractivity contribution in [2.45, 2.75) is 38.0 Å². The Bertz CT molecular complexity index is 665. The average molecular weight is 324 g/mol. The van der Waals surface area contributed by atoms with Crippen LogP contribution in [0.5, 0.6) is 0 Å². The van der Waals surface area contributed by atoms with Crippen LogP contribution in [0, 0.1) is 0 Å². The molecule has 3 nitrogen and oxygen atoms in total. The molecule has 1 aliphatic carbocycles. The molecule has 1 aromatic heterocycles. The number of nitrogens with two attached hydrogens (primary N) is 1. The highest BCUT2D eigenvalue weighted by atomic mass is 35.5. The summed E-state index contributed by atoms with van der Waals surface area (Å²) >= 11 is 12.8. The minimum atomic E-state index is 0.0488. The van der Waals surface area contributed by atoms with Gasteiger partial charge in [-0.2, -0.15) is 5.10 Å². The maximum atomic E-state index is 6.39. The Morgan fingerprint density at radius 3 is 2.29 bits per heavy atom. The zero-order chi connectivity index (χ0) is 15.2. The molecule has 1 saturated carbocycles. The highest BCUT2D eigenvalue weighted by Gasteiger charge is 2.37. The second-order valence-electron chi connectivity index (χ2n) is 6.10. The molecule has 0 spiro atoms. The summed E-state index contributed by atoms with van der Waals surface area (Å²) in [5, 5.41) is 5.93. The van der Waals surface area contributed by atoms with Gasteiger partial charge in [0.15, 0.2) is 0 Å². The minimum absolute atomic E-state index is 0.0488. The van der Waals surface area contributed by atoms with Crippen LogP contribution in [-0.4, -0.2) is 9.78 Å². The maximum Gasteiger partial charge on any atom is 0.129 e. The van der Waals surface area contributed by atoms with E-state index in [1.54, 1.807) is 4.68 Å². The van der Waals surface area contributed by atoms with Crippen LogP contribution in [-0.2, 0) is 12.5 Å². The molecule has 0 aliphatic heterocycles. The Morgan fingerprint density at radius 1 is 1.14 bits per heavy atom. The molecule has 0 saturated heterocycles. The number of aromatic nitrogens is 2. The number of aryl methyl sites for hydroxylation is 1. The van der Waals surface area contributed by atoms with Crippen LogP contribution < -0.4 is 5.73 Å². The lowest BCUT2D eigenvalue weighted by Gasteiger charge is -2.23. The first-order valence-corrected chi connectivity index (χ1v) is 7.97. The molecule has 112 valence electrons. The highest BCUT2D eigenvalue weighted by Crippen LogP contribution is 2.48. The molecule has 1 aliphatic rings. The van der Waals surface area contributed by atoms with Crippen molar-refractivity contribution >= 4 is 29.0 Å². The molecular weight excluding hydrogens is 305 g/mol. The molecule has 5 heteroatoms. The molecule has 2 aromatic rings. The van der Waals surface area contributed by atoms with Gasteiger partial charge in [-0.3, -0.25) is 4.68 Å². The molecule has 2 N–H and O–H groups in total. The van der Waals surface area contributed by atoms with Gasteiger partial charge in [0.25, 0.3) is 0 Å². The van der Waals surface area contributed by atoms with E-state index in [0.29, 0.717) is 15.9 Å². The summed E-state index contributed by atoms with van der Waals surface area (Å²) in [5.41, 5.74) is 9.06. The molecule has 0 atom stereocenters. The number of benzene rings is 1. The van der Waals surface area contributed by atoms with Gasteiger partial charge in [0.1, 0.15) is 5.82 Å². The van der Waals surface area contributed by atoms with E-state index in [1.807, 2.05) is 25.2 Å². The Morgan fingerprint density at radius 2 is 1.71 bits per heavy atom. The van der Waals surface area contributed by atoms with Gasteiger partial charge in [-0.1, -0.05) is 49.0 Å². The first-order valence-electron chi connectivity index (χ1n) is 7.21. The van der Waals surface area contributed by atoms with Crippen LogP contribution in [0.2, 0.25) is 10.0 Å². The van der Waals surface area contributed by atoms with Crippen LogP contribution >= 0.6 is 23.2 Å². The molecule has 0 unspecified atom stereocenters. The van der Waals surface area contributed by atoms with E-state index < -0.39 is 0 Å². The third-order valence-corrected chi connectivity index (χ3v) is 5.21. The van der Waals surface area contributed by atoms with E-state index in [0.717, 1.165) is 29.7 Å². The number of nitrogens with zero attached hydrogens (tertiary/aromatic N) is 2. The monoisotopic (exact) mass is 323 g/mol. The fourth-order valence-electron chi connectivity index (χ4n) is 3.33. The third-order valence-electron chi connectivity index (χ3n) is 4.58. The largest absolute Gasteiger partial charge is 0.383 e. The quantitative estimate of drug-likeness (QED) is 0.861. The van der Waals surface area contributed by atoms with Crippen molar-refractivity contribution in [3.8, 4) is 11.1 Å². The van der Waals surface area contributed by atoms with Gasteiger partial charge >= 0.3 is 0 Å². The molecule has 0 radical (unpaired) electrons. The molecule has 1 fully saturated rings. The number of hydrogen-bond acceptors (Lipinski definition) is 2. The van der Waals surface area contributed by atoms with E-state index in [4.69, 9.17) is 34.0 Å². The summed E-state index contributed by atoms with van der Waals surface area (Å²) < 4.78 is 1.73. The summed E-state index contributed by atoms with van der Waals surface area (Å²) in [4.78, 5) is 0. The Hall–Kier alpha value is -1.19. The van der Waals surface area contributed by atoms with Gasteiger partial charge < -0.3 is 5.73 Å². The summed E-state index contributed by atoms with van der Waals surface area (Å²) in [7, 11) is 1.87. The lowest BCUT2D eigenvalue weighted by atomic mass is 9.81. The number of nitrogen functional groups attached to an aromatic ring is 1. The topological polar surface area (TPSA) is 43.8 Å². The third kappa shape index (κ3) is 2.33.